The molecule has 1 aromatic rings. The number of alkyl halides is 2. The van der Waals surface area contributed by atoms with E-state index >= 15 is 0 Å². The minimum absolute atomic E-state index is 0.357. The van der Waals surface area contributed by atoms with E-state index in [0.717, 1.165) is 12.8 Å². The third-order valence-electron chi connectivity index (χ3n) is 3.69. The number of nitrogens with one attached hydrogen (secondary N) is 1. The fraction of sp³-hybridized carbons (Fsp3) is 0.600. The van der Waals surface area contributed by atoms with Crippen molar-refractivity contribution in [2.75, 3.05) is 19.8 Å². The number of ether oxygens (including phenoxy) is 1. The second-order valence-corrected chi connectivity index (χ2v) is 5.14. The second-order valence-electron chi connectivity index (χ2n) is 5.14. The average Bonchev–Trinajstić information content (AvgIpc) is 2.32. The monoisotopic (exact) mass is 269 g/mol. The van der Waals surface area contributed by atoms with Crippen LogP contribution in [0.5, 0.6) is 0 Å². The molecule has 0 saturated heterocycles. The Morgan fingerprint density at radius 3 is 2.74 bits per heavy atom. The van der Waals surface area contributed by atoms with E-state index < -0.39 is 13.0 Å². The van der Waals surface area contributed by atoms with E-state index in [9.17, 15) is 8.78 Å². The first-order valence-corrected chi connectivity index (χ1v) is 6.81. The van der Waals surface area contributed by atoms with E-state index in [1.54, 1.807) is 0 Å². The zero-order valence-electron chi connectivity index (χ0n) is 11.2. The van der Waals surface area contributed by atoms with Crippen LogP contribution in [-0.4, -0.2) is 32.2 Å². The normalized spacial score (nSPS) is 22.5. The first-order valence-electron chi connectivity index (χ1n) is 6.81. The first-order chi connectivity index (χ1) is 9.16. The van der Waals surface area contributed by atoms with E-state index in [0.29, 0.717) is 25.1 Å². The van der Waals surface area contributed by atoms with Gasteiger partial charge in [-0.2, -0.15) is 0 Å². The van der Waals surface area contributed by atoms with Crippen LogP contribution in [0.3, 0.4) is 0 Å². The van der Waals surface area contributed by atoms with Gasteiger partial charge in [-0.3, -0.25) is 0 Å². The Balaban J connectivity index is 1.60. The van der Waals surface area contributed by atoms with Crippen LogP contribution < -0.4 is 5.32 Å². The smallest absolute Gasteiger partial charge is 0.261 e. The molecular formula is C15H21F2NO. The molecule has 0 amide bonds. The van der Waals surface area contributed by atoms with E-state index in [1.807, 2.05) is 0 Å². The second kappa shape index (κ2) is 6.96. The Labute approximate surface area is 113 Å². The van der Waals surface area contributed by atoms with Crippen LogP contribution in [0.1, 0.15) is 29.9 Å². The molecule has 1 aliphatic carbocycles. The predicted molar refractivity (Wildman–Crippen MR) is 71.8 cm³/mol. The van der Waals surface area contributed by atoms with Gasteiger partial charge < -0.3 is 10.1 Å². The number of halogens is 2. The summed E-state index contributed by atoms with van der Waals surface area (Å²) in [5, 5.41) is 3.34. The van der Waals surface area contributed by atoms with Gasteiger partial charge in [0.1, 0.15) is 6.61 Å². The van der Waals surface area contributed by atoms with Crippen LogP contribution in [0.2, 0.25) is 0 Å². The summed E-state index contributed by atoms with van der Waals surface area (Å²) in [5.41, 5.74) is 2.79. The van der Waals surface area contributed by atoms with Crippen molar-refractivity contribution in [1.82, 2.24) is 5.32 Å². The highest BCUT2D eigenvalue weighted by molar-refractivity contribution is 5.31. The summed E-state index contributed by atoms with van der Waals surface area (Å²) in [6.07, 6.45) is -0.117. The fourth-order valence-electron chi connectivity index (χ4n) is 2.59. The van der Waals surface area contributed by atoms with Crippen molar-refractivity contribution in [3.63, 3.8) is 0 Å². The molecule has 2 nitrogen and oxygen atoms in total. The summed E-state index contributed by atoms with van der Waals surface area (Å²) < 4.78 is 28.5. The number of hydrogen-bond acceptors (Lipinski definition) is 2. The highest BCUT2D eigenvalue weighted by Gasteiger charge is 2.30. The Kier molecular flexibility index (Phi) is 5.28. The van der Waals surface area contributed by atoms with Crippen LogP contribution in [0.15, 0.2) is 24.3 Å². The molecule has 0 unspecified atom stereocenters. The summed E-state index contributed by atoms with van der Waals surface area (Å²) in [6, 6.07) is 8.99. The largest absolute Gasteiger partial charge is 0.374 e. The third-order valence-corrected chi connectivity index (χ3v) is 3.69. The maximum atomic E-state index is 11.8. The maximum absolute atomic E-state index is 11.8. The number of aryl methyl sites for hydroxylation is 1. The van der Waals surface area contributed by atoms with Crippen LogP contribution in [0.4, 0.5) is 8.78 Å². The molecule has 2 rings (SSSR count). The van der Waals surface area contributed by atoms with Crippen LogP contribution in [-0.2, 0) is 4.74 Å². The van der Waals surface area contributed by atoms with Crippen LogP contribution in [0.25, 0.3) is 0 Å². The van der Waals surface area contributed by atoms with Gasteiger partial charge in [0.05, 0.1) is 6.61 Å². The maximum Gasteiger partial charge on any atom is 0.261 e. The Morgan fingerprint density at radius 1 is 1.32 bits per heavy atom. The van der Waals surface area contributed by atoms with Crippen molar-refractivity contribution in [2.45, 2.75) is 38.2 Å². The lowest BCUT2D eigenvalue weighted by Gasteiger charge is -2.37. The molecule has 0 radical (unpaired) electrons. The van der Waals surface area contributed by atoms with Gasteiger partial charge in [0.15, 0.2) is 0 Å². The summed E-state index contributed by atoms with van der Waals surface area (Å²) in [6.45, 7) is 2.69. The van der Waals surface area contributed by atoms with Gasteiger partial charge >= 0.3 is 0 Å². The Hall–Kier alpha value is -1.00. The molecule has 0 atom stereocenters. The molecule has 1 fully saturated rings. The molecular weight excluding hydrogens is 248 g/mol. The summed E-state index contributed by atoms with van der Waals surface area (Å²) in [4.78, 5) is 0. The van der Waals surface area contributed by atoms with E-state index in [4.69, 9.17) is 4.74 Å². The molecule has 4 heteroatoms. The number of benzene rings is 1. The summed E-state index contributed by atoms with van der Waals surface area (Å²) in [7, 11) is 0. The van der Waals surface area contributed by atoms with Crippen molar-refractivity contribution in [1.29, 1.82) is 0 Å². The number of rotatable bonds is 7. The lowest BCUT2D eigenvalue weighted by atomic mass is 9.74. The topological polar surface area (TPSA) is 21.3 Å². The summed E-state index contributed by atoms with van der Waals surface area (Å²) in [5.74, 6) is 0.640. The zero-order valence-corrected chi connectivity index (χ0v) is 11.2. The highest BCUT2D eigenvalue weighted by atomic mass is 19.3. The van der Waals surface area contributed by atoms with Crippen LogP contribution >= 0.6 is 0 Å². The van der Waals surface area contributed by atoms with Gasteiger partial charge in [-0.1, -0.05) is 24.3 Å². The fourth-order valence-corrected chi connectivity index (χ4v) is 2.59. The quantitative estimate of drug-likeness (QED) is 0.768. The van der Waals surface area contributed by atoms with Crippen molar-refractivity contribution in [3.05, 3.63) is 35.4 Å². The van der Waals surface area contributed by atoms with Crippen molar-refractivity contribution < 1.29 is 13.5 Å². The molecule has 1 saturated carbocycles. The van der Waals surface area contributed by atoms with Gasteiger partial charge in [0.25, 0.3) is 6.43 Å². The summed E-state index contributed by atoms with van der Waals surface area (Å²) >= 11 is 0. The van der Waals surface area contributed by atoms with Gasteiger partial charge in [0, 0.05) is 12.6 Å². The molecule has 1 N–H and O–H groups in total. The SMILES string of the molecule is Cc1ccccc1C1CC(NCCOCC(F)F)C1. The van der Waals surface area contributed by atoms with E-state index in [-0.39, 0.29) is 0 Å². The Bertz CT molecular complexity index is 391. The molecule has 19 heavy (non-hydrogen) atoms. The molecule has 0 heterocycles. The number of hydrogen-bond donors (Lipinski definition) is 1. The molecule has 1 aromatic carbocycles. The molecule has 0 bridgehead atoms. The molecule has 106 valence electrons. The molecule has 0 spiro atoms. The highest BCUT2D eigenvalue weighted by Crippen LogP contribution is 2.38. The van der Waals surface area contributed by atoms with Gasteiger partial charge in [-0.15, -0.1) is 0 Å². The third kappa shape index (κ3) is 4.25. The lowest BCUT2D eigenvalue weighted by molar-refractivity contribution is 0.0174. The first kappa shape index (κ1) is 14.4. The zero-order chi connectivity index (χ0) is 13.7. The van der Waals surface area contributed by atoms with E-state index in [2.05, 4.69) is 36.5 Å². The van der Waals surface area contributed by atoms with E-state index in [1.165, 1.54) is 11.1 Å². The average molecular weight is 269 g/mol. The molecule has 0 aliphatic heterocycles. The van der Waals surface area contributed by atoms with Crippen LogP contribution in [0, 0.1) is 6.92 Å². The van der Waals surface area contributed by atoms with Crippen molar-refractivity contribution in [2.24, 2.45) is 0 Å². The molecule has 1 aliphatic rings. The standard InChI is InChI=1S/C15H21F2NO/c1-11-4-2-3-5-14(11)12-8-13(9-12)18-6-7-19-10-15(16)17/h2-5,12-13,15,18H,6-10H2,1H3. The minimum Gasteiger partial charge on any atom is -0.374 e. The lowest BCUT2D eigenvalue weighted by Crippen LogP contribution is -2.41. The van der Waals surface area contributed by atoms with Gasteiger partial charge in [-0.05, 0) is 36.8 Å². The minimum atomic E-state index is -2.37. The predicted octanol–water partition coefficient (Wildman–Crippen LogP) is 3.11. The van der Waals surface area contributed by atoms with Crippen molar-refractivity contribution in [3.8, 4) is 0 Å². The van der Waals surface area contributed by atoms with Crippen molar-refractivity contribution >= 4 is 0 Å². The van der Waals surface area contributed by atoms with Gasteiger partial charge in [-0.25, -0.2) is 8.78 Å². The Morgan fingerprint density at radius 2 is 2.05 bits per heavy atom. The molecule has 0 aromatic heterocycles. The van der Waals surface area contributed by atoms with Gasteiger partial charge in [0.2, 0.25) is 0 Å².